The number of amides is 1. The van der Waals surface area contributed by atoms with Gasteiger partial charge in [0.25, 0.3) is 5.91 Å². The monoisotopic (exact) mass is 240 g/mol. The van der Waals surface area contributed by atoms with Gasteiger partial charge in [0.2, 0.25) is 0 Å². The third kappa shape index (κ3) is 2.73. The molecule has 0 saturated carbocycles. The number of pyridine rings is 1. The maximum Gasteiger partial charge on any atom is 0.255 e. The fourth-order valence-corrected chi connectivity index (χ4v) is 1.41. The van der Waals surface area contributed by atoms with Crippen molar-refractivity contribution in [1.29, 1.82) is 0 Å². The Morgan fingerprint density at radius 3 is 2.62 bits per heavy atom. The van der Waals surface area contributed by atoms with Crippen LogP contribution in [0.4, 0.5) is 0 Å². The molecule has 0 spiro atoms. The summed E-state index contributed by atoms with van der Waals surface area (Å²) < 4.78 is 0. The number of aromatic nitrogens is 1. The Morgan fingerprint density at radius 1 is 1.50 bits per heavy atom. The molecule has 1 heterocycles. The number of rotatable bonds is 3. The number of hydrogen-bond acceptors (Lipinski definition) is 2. The summed E-state index contributed by atoms with van der Waals surface area (Å²) in [5.41, 5.74) is 1.21. The predicted octanol–water partition coefficient (Wildman–Crippen LogP) is 2.48. The van der Waals surface area contributed by atoms with Crippen molar-refractivity contribution in [2.75, 3.05) is 12.9 Å². The number of carbonyl (C=O) groups is 1. The molecule has 0 radical (unpaired) electrons. The molecule has 0 atom stereocenters. The molecule has 0 aliphatic heterocycles. The van der Waals surface area contributed by atoms with Crippen LogP contribution < -0.4 is 0 Å². The molecular formula is C12H17ClN2O. The second kappa shape index (κ2) is 4.83. The van der Waals surface area contributed by atoms with Gasteiger partial charge in [-0.3, -0.25) is 9.78 Å². The average molecular weight is 241 g/mol. The summed E-state index contributed by atoms with van der Waals surface area (Å²) in [5.74, 6) is 0.343. The van der Waals surface area contributed by atoms with Crippen LogP contribution in [0.5, 0.6) is 0 Å². The predicted molar refractivity (Wildman–Crippen MR) is 65.9 cm³/mol. The highest BCUT2D eigenvalue weighted by molar-refractivity contribution is 6.18. The Bertz CT molecular complexity index is 390. The van der Waals surface area contributed by atoms with Gasteiger partial charge in [-0.05, 0) is 32.4 Å². The summed E-state index contributed by atoms with van der Waals surface area (Å²) >= 11 is 5.84. The van der Waals surface area contributed by atoms with Gasteiger partial charge in [0.1, 0.15) is 0 Å². The van der Waals surface area contributed by atoms with Gasteiger partial charge in [-0.1, -0.05) is 0 Å². The molecule has 0 N–H and O–H groups in total. The summed E-state index contributed by atoms with van der Waals surface area (Å²) in [6.45, 7) is 5.78. The van der Waals surface area contributed by atoms with Gasteiger partial charge < -0.3 is 4.90 Å². The lowest BCUT2D eigenvalue weighted by atomic mass is 10.1. The maximum absolute atomic E-state index is 12.1. The van der Waals surface area contributed by atoms with Crippen LogP contribution in [0.25, 0.3) is 0 Å². The van der Waals surface area contributed by atoms with Crippen LogP contribution in [0.3, 0.4) is 0 Å². The first-order valence-corrected chi connectivity index (χ1v) is 5.67. The largest absolute Gasteiger partial charge is 0.335 e. The van der Waals surface area contributed by atoms with Gasteiger partial charge in [0, 0.05) is 25.3 Å². The minimum Gasteiger partial charge on any atom is -0.335 e. The second-order valence-electron chi connectivity index (χ2n) is 4.56. The summed E-state index contributed by atoms with van der Waals surface area (Å²) in [5, 5.41) is 0. The molecule has 0 bridgehead atoms. The molecule has 0 aromatic carbocycles. The standard InChI is InChI=1S/C12H17ClN2O/c1-9-5-10(7-14-6-9)11(16)15(4)12(2,3)8-13/h5-7H,8H2,1-4H3. The van der Waals surface area contributed by atoms with E-state index in [0.29, 0.717) is 11.4 Å². The van der Waals surface area contributed by atoms with Crippen LogP contribution in [0.15, 0.2) is 18.5 Å². The second-order valence-corrected chi connectivity index (χ2v) is 4.83. The van der Waals surface area contributed by atoms with Crippen molar-refractivity contribution in [3.63, 3.8) is 0 Å². The van der Waals surface area contributed by atoms with Crippen LogP contribution in [-0.4, -0.2) is 34.3 Å². The minimum absolute atomic E-state index is 0.0538. The van der Waals surface area contributed by atoms with E-state index in [4.69, 9.17) is 11.6 Å². The lowest BCUT2D eigenvalue weighted by Gasteiger charge is -2.33. The van der Waals surface area contributed by atoms with Crippen LogP contribution in [0.1, 0.15) is 29.8 Å². The van der Waals surface area contributed by atoms with E-state index in [-0.39, 0.29) is 11.4 Å². The SMILES string of the molecule is Cc1cncc(C(=O)N(C)C(C)(C)CCl)c1. The fourth-order valence-electron chi connectivity index (χ4n) is 1.23. The zero-order chi connectivity index (χ0) is 12.3. The third-order valence-electron chi connectivity index (χ3n) is 2.66. The third-order valence-corrected chi connectivity index (χ3v) is 3.32. The molecule has 0 fully saturated rings. The van der Waals surface area contributed by atoms with Crippen molar-refractivity contribution in [3.8, 4) is 0 Å². The average Bonchev–Trinajstić information content (AvgIpc) is 2.27. The number of hydrogen-bond donors (Lipinski definition) is 0. The number of carbonyl (C=O) groups excluding carboxylic acids is 1. The summed E-state index contributed by atoms with van der Waals surface area (Å²) in [6, 6.07) is 1.83. The first kappa shape index (κ1) is 13.0. The molecule has 1 amide bonds. The van der Waals surface area contributed by atoms with E-state index in [1.165, 1.54) is 0 Å². The first-order chi connectivity index (χ1) is 7.38. The number of aryl methyl sites for hydroxylation is 1. The van der Waals surface area contributed by atoms with Crippen molar-refractivity contribution in [2.45, 2.75) is 26.3 Å². The smallest absolute Gasteiger partial charge is 0.255 e. The normalized spacial score (nSPS) is 11.3. The van der Waals surface area contributed by atoms with Gasteiger partial charge in [-0.15, -0.1) is 11.6 Å². The van der Waals surface area contributed by atoms with Gasteiger partial charge in [0.15, 0.2) is 0 Å². The Balaban J connectivity index is 2.95. The van der Waals surface area contributed by atoms with Gasteiger partial charge in [0.05, 0.1) is 11.1 Å². The topological polar surface area (TPSA) is 33.2 Å². The van der Waals surface area contributed by atoms with Gasteiger partial charge in [-0.2, -0.15) is 0 Å². The molecule has 1 aromatic heterocycles. The van der Waals surface area contributed by atoms with E-state index in [1.807, 2.05) is 26.8 Å². The van der Waals surface area contributed by atoms with Gasteiger partial charge >= 0.3 is 0 Å². The molecular weight excluding hydrogens is 224 g/mol. The number of nitrogens with zero attached hydrogens (tertiary/aromatic N) is 2. The van der Waals surface area contributed by atoms with Crippen molar-refractivity contribution < 1.29 is 4.79 Å². The molecule has 88 valence electrons. The molecule has 3 nitrogen and oxygen atoms in total. The Morgan fingerprint density at radius 2 is 2.12 bits per heavy atom. The molecule has 0 aliphatic rings. The van der Waals surface area contributed by atoms with Gasteiger partial charge in [-0.25, -0.2) is 0 Å². The van der Waals surface area contributed by atoms with E-state index in [2.05, 4.69) is 4.98 Å². The molecule has 1 rings (SSSR count). The lowest BCUT2D eigenvalue weighted by molar-refractivity contribution is 0.0659. The minimum atomic E-state index is -0.359. The van der Waals surface area contributed by atoms with E-state index in [1.54, 1.807) is 24.3 Å². The zero-order valence-corrected chi connectivity index (χ0v) is 10.9. The van der Waals surface area contributed by atoms with Crippen LogP contribution in [-0.2, 0) is 0 Å². The molecule has 0 aliphatic carbocycles. The van der Waals surface area contributed by atoms with Crippen LogP contribution in [0.2, 0.25) is 0 Å². The Labute approximate surface area is 101 Å². The Kier molecular flexibility index (Phi) is 3.92. The molecule has 0 unspecified atom stereocenters. The van der Waals surface area contributed by atoms with Crippen LogP contribution in [0, 0.1) is 6.92 Å². The highest BCUT2D eigenvalue weighted by Crippen LogP contribution is 2.17. The summed E-state index contributed by atoms with van der Waals surface area (Å²) in [7, 11) is 1.76. The van der Waals surface area contributed by atoms with E-state index >= 15 is 0 Å². The zero-order valence-electron chi connectivity index (χ0n) is 10.1. The number of halogens is 1. The number of alkyl halides is 1. The van der Waals surface area contributed by atoms with Crippen molar-refractivity contribution in [2.24, 2.45) is 0 Å². The molecule has 1 aromatic rings. The van der Waals surface area contributed by atoms with Crippen molar-refractivity contribution in [1.82, 2.24) is 9.88 Å². The molecule has 16 heavy (non-hydrogen) atoms. The molecule has 4 heteroatoms. The summed E-state index contributed by atoms with van der Waals surface area (Å²) in [6.07, 6.45) is 3.31. The molecule has 0 saturated heterocycles. The van der Waals surface area contributed by atoms with Crippen molar-refractivity contribution >= 4 is 17.5 Å². The summed E-state index contributed by atoms with van der Waals surface area (Å²) in [4.78, 5) is 17.8. The Hall–Kier alpha value is -1.09. The fraction of sp³-hybridized carbons (Fsp3) is 0.500. The van der Waals surface area contributed by atoms with E-state index in [0.717, 1.165) is 5.56 Å². The first-order valence-electron chi connectivity index (χ1n) is 5.14. The highest BCUT2D eigenvalue weighted by Gasteiger charge is 2.27. The van der Waals surface area contributed by atoms with E-state index < -0.39 is 0 Å². The van der Waals surface area contributed by atoms with Crippen LogP contribution >= 0.6 is 11.6 Å². The van der Waals surface area contributed by atoms with Crippen molar-refractivity contribution in [3.05, 3.63) is 29.6 Å². The highest BCUT2D eigenvalue weighted by atomic mass is 35.5. The lowest BCUT2D eigenvalue weighted by Crippen LogP contribution is -2.46. The van der Waals surface area contributed by atoms with E-state index in [9.17, 15) is 4.79 Å². The maximum atomic E-state index is 12.1. The quantitative estimate of drug-likeness (QED) is 0.761.